The molecule has 0 saturated carbocycles. The van der Waals surface area contributed by atoms with Crippen LogP contribution in [0, 0.1) is 0 Å². The molecule has 0 radical (unpaired) electrons. The molecular formula is C59H70O11Si. The van der Waals surface area contributed by atoms with Gasteiger partial charge < -0.3 is 52.5 Å². The lowest BCUT2D eigenvalue weighted by Gasteiger charge is -2.49. The Balaban J connectivity index is 1.17. The molecule has 12 heteroatoms. The third-order valence-corrected chi connectivity index (χ3v) is 14.3. The number of benzene rings is 6. The third kappa shape index (κ3) is 16.3. The van der Waals surface area contributed by atoms with Crippen LogP contribution in [0.3, 0.4) is 0 Å². The fourth-order valence-corrected chi connectivity index (χ4v) is 9.35. The van der Waals surface area contributed by atoms with E-state index in [-0.39, 0.29) is 39.6 Å². The summed E-state index contributed by atoms with van der Waals surface area (Å²) in [4.78, 5) is 0. The van der Waals surface area contributed by atoms with Gasteiger partial charge in [0, 0.05) is 14.7 Å². The molecule has 2 fully saturated rings. The Labute approximate surface area is 420 Å². The van der Waals surface area contributed by atoms with Crippen molar-refractivity contribution in [1.29, 1.82) is 0 Å². The Kier molecular flexibility index (Phi) is 20.1. The molecule has 0 aliphatic carbocycles. The fraction of sp³-hybridized carbons (Fsp3) is 0.390. The van der Waals surface area contributed by atoms with Gasteiger partial charge in [0.15, 0.2) is 12.6 Å². The Hall–Kier alpha value is -4.90. The van der Waals surface area contributed by atoms with Gasteiger partial charge in [-0.15, -0.1) is 0 Å². The van der Waals surface area contributed by atoms with Crippen LogP contribution in [0.4, 0.5) is 0 Å². The molecule has 10 atom stereocenters. The van der Waals surface area contributed by atoms with Crippen molar-refractivity contribution >= 4 is 8.07 Å². The lowest BCUT2D eigenvalue weighted by molar-refractivity contribution is -0.375. The highest BCUT2D eigenvalue weighted by Crippen LogP contribution is 2.36. The highest BCUT2D eigenvalue weighted by Gasteiger charge is 2.54. The summed E-state index contributed by atoms with van der Waals surface area (Å²) >= 11 is 0. The first kappa shape index (κ1) is 52.4. The van der Waals surface area contributed by atoms with E-state index in [9.17, 15) is 5.11 Å². The summed E-state index contributed by atoms with van der Waals surface area (Å²) in [6.07, 6.45) is -9.13. The molecule has 6 aromatic carbocycles. The summed E-state index contributed by atoms with van der Waals surface area (Å²) in [6.45, 7) is 9.16. The summed E-state index contributed by atoms with van der Waals surface area (Å²) in [5.74, 6) is 0. The van der Waals surface area contributed by atoms with Crippen LogP contribution in [0.2, 0.25) is 25.7 Å². The van der Waals surface area contributed by atoms with Crippen LogP contribution in [0.25, 0.3) is 0 Å². The van der Waals surface area contributed by atoms with E-state index in [0.717, 1.165) is 39.4 Å². The molecule has 11 nitrogen and oxygen atoms in total. The maximum absolute atomic E-state index is 12.4. The van der Waals surface area contributed by atoms with Gasteiger partial charge in [-0.25, -0.2) is 0 Å². The second kappa shape index (κ2) is 27.2. The lowest BCUT2D eigenvalue weighted by atomic mass is 9.96. The topological polar surface area (TPSA) is 113 Å². The Morgan fingerprint density at radius 2 is 0.718 bits per heavy atom. The quantitative estimate of drug-likeness (QED) is 0.0524. The zero-order chi connectivity index (χ0) is 49.1. The van der Waals surface area contributed by atoms with Crippen molar-refractivity contribution in [1.82, 2.24) is 0 Å². The maximum atomic E-state index is 12.4. The molecule has 2 aliphatic rings. The molecule has 8 rings (SSSR count). The van der Waals surface area contributed by atoms with E-state index >= 15 is 0 Å². The van der Waals surface area contributed by atoms with Crippen LogP contribution in [-0.2, 0) is 87.0 Å². The second-order valence-corrected chi connectivity index (χ2v) is 25.0. The summed E-state index contributed by atoms with van der Waals surface area (Å²) in [5, 5.41) is 12.4. The van der Waals surface area contributed by atoms with E-state index in [1.807, 2.05) is 182 Å². The smallest absolute Gasteiger partial charge is 0.187 e. The highest BCUT2D eigenvalue weighted by atomic mass is 28.3. The van der Waals surface area contributed by atoms with E-state index in [4.69, 9.17) is 47.4 Å². The molecule has 6 aromatic rings. The van der Waals surface area contributed by atoms with Crippen LogP contribution in [0.5, 0.6) is 0 Å². The first-order valence-electron chi connectivity index (χ1n) is 24.9. The molecule has 2 saturated heterocycles. The van der Waals surface area contributed by atoms with Gasteiger partial charge in [0.25, 0.3) is 0 Å². The van der Waals surface area contributed by atoms with Crippen LogP contribution in [0.15, 0.2) is 182 Å². The zero-order valence-corrected chi connectivity index (χ0v) is 42.2. The van der Waals surface area contributed by atoms with Gasteiger partial charge >= 0.3 is 0 Å². The number of ether oxygens (including phenoxy) is 10. The molecule has 1 N–H and O–H groups in total. The molecule has 0 bridgehead atoms. The van der Waals surface area contributed by atoms with Crippen LogP contribution < -0.4 is 0 Å². The van der Waals surface area contributed by atoms with Crippen molar-refractivity contribution in [3.8, 4) is 0 Å². The number of aliphatic hydroxyl groups is 1. The molecule has 376 valence electrons. The van der Waals surface area contributed by atoms with Crippen molar-refractivity contribution in [2.75, 3.05) is 19.8 Å². The minimum atomic E-state index is -1.52. The van der Waals surface area contributed by atoms with Crippen molar-refractivity contribution in [2.45, 2.75) is 127 Å². The van der Waals surface area contributed by atoms with Crippen LogP contribution in [-0.4, -0.2) is 94.4 Å². The SMILES string of the molecule is C[Si](C)(C)CCO[C@@H]1O[C@H](COCc2ccccc2)[C@@H](O[C@@H]2O[C@H](COCc3ccccc3)[C@H](O)[C@H](OCc3ccccc3)[C@H]2OCc2ccccc2)[C@H](OCc2ccccc2)[C@H]1OCc1ccccc1. The van der Waals surface area contributed by atoms with Gasteiger partial charge in [0.2, 0.25) is 0 Å². The van der Waals surface area contributed by atoms with E-state index in [1.165, 1.54) is 0 Å². The summed E-state index contributed by atoms with van der Waals surface area (Å²) < 4.78 is 68.6. The molecule has 2 aliphatic heterocycles. The molecule has 2 heterocycles. The molecule has 0 aromatic heterocycles. The first-order chi connectivity index (χ1) is 34.8. The van der Waals surface area contributed by atoms with Crippen LogP contribution in [0.1, 0.15) is 33.4 Å². The maximum Gasteiger partial charge on any atom is 0.187 e. The zero-order valence-electron chi connectivity index (χ0n) is 41.2. The Morgan fingerprint density at radius 1 is 0.380 bits per heavy atom. The molecular weight excluding hydrogens is 913 g/mol. The minimum absolute atomic E-state index is 0.0427. The average molecular weight is 983 g/mol. The normalized spacial score (nSPS) is 24.7. The largest absolute Gasteiger partial charge is 0.387 e. The van der Waals surface area contributed by atoms with Crippen molar-refractivity contribution < 1.29 is 52.5 Å². The van der Waals surface area contributed by atoms with Gasteiger partial charge in [-0.05, 0) is 39.4 Å². The van der Waals surface area contributed by atoms with Gasteiger partial charge in [0.05, 0.1) is 52.9 Å². The molecule has 0 spiro atoms. The standard InChI is InChI=1S/C59H70O11Si/c1-71(2,3)35-34-63-58-57(67-41-49-32-20-9-21-33-49)55(65-39-47-28-16-7-17-29-47)53(51(69-58)43-62-37-45-24-12-5-13-25-45)70-59-56(66-40-48-30-18-8-19-31-48)54(64-38-46-26-14-6-15-27-46)52(60)50(68-59)42-61-36-44-22-10-4-11-23-44/h4-33,50-60H,34-43H2,1-3H3/t50-,51-,52+,53-,54+,55+,56-,57-,58-,59+/m1/s1. The number of rotatable bonds is 26. The summed E-state index contributed by atoms with van der Waals surface area (Å²) in [6, 6.07) is 60.7. The summed E-state index contributed by atoms with van der Waals surface area (Å²) in [7, 11) is -1.52. The summed E-state index contributed by atoms with van der Waals surface area (Å²) in [5.41, 5.74) is 5.83. The third-order valence-electron chi connectivity index (χ3n) is 12.6. The van der Waals surface area contributed by atoms with Gasteiger partial charge in [-0.3, -0.25) is 0 Å². The predicted octanol–water partition coefficient (Wildman–Crippen LogP) is 10.3. The lowest BCUT2D eigenvalue weighted by Crippen LogP contribution is -2.66. The molecule has 0 amide bonds. The van der Waals surface area contributed by atoms with Gasteiger partial charge in [0.1, 0.15) is 48.8 Å². The average Bonchev–Trinajstić information content (AvgIpc) is 3.39. The highest BCUT2D eigenvalue weighted by molar-refractivity contribution is 6.76. The Morgan fingerprint density at radius 3 is 1.13 bits per heavy atom. The van der Waals surface area contributed by atoms with Gasteiger partial charge in [-0.1, -0.05) is 202 Å². The number of aliphatic hydroxyl groups excluding tert-OH is 1. The molecule has 0 unspecified atom stereocenters. The fourth-order valence-electron chi connectivity index (χ4n) is 8.62. The van der Waals surface area contributed by atoms with E-state index in [2.05, 4.69) is 19.6 Å². The van der Waals surface area contributed by atoms with E-state index in [0.29, 0.717) is 19.8 Å². The number of hydrogen-bond donors (Lipinski definition) is 1. The van der Waals surface area contributed by atoms with Crippen molar-refractivity contribution in [3.05, 3.63) is 215 Å². The van der Waals surface area contributed by atoms with Crippen molar-refractivity contribution in [3.63, 3.8) is 0 Å². The van der Waals surface area contributed by atoms with E-state index in [1.54, 1.807) is 0 Å². The van der Waals surface area contributed by atoms with Gasteiger partial charge in [-0.2, -0.15) is 0 Å². The van der Waals surface area contributed by atoms with Crippen molar-refractivity contribution in [2.24, 2.45) is 0 Å². The monoisotopic (exact) mass is 982 g/mol. The predicted molar refractivity (Wildman–Crippen MR) is 275 cm³/mol. The number of hydrogen-bond acceptors (Lipinski definition) is 11. The second-order valence-electron chi connectivity index (χ2n) is 19.4. The Bertz CT molecular complexity index is 2360. The van der Waals surface area contributed by atoms with E-state index < -0.39 is 69.5 Å². The minimum Gasteiger partial charge on any atom is -0.387 e. The first-order valence-corrected chi connectivity index (χ1v) is 28.6. The van der Waals surface area contributed by atoms with Crippen LogP contribution >= 0.6 is 0 Å². The molecule has 71 heavy (non-hydrogen) atoms.